The molecule has 1 heterocycles. The van der Waals surface area contributed by atoms with Crippen LogP contribution in [0.1, 0.15) is 6.42 Å². The molecule has 0 saturated carbocycles. The van der Waals surface area contributed by atoms with Gasteiger partial charge in [-0.25, -0.2) is 4.79 Å². The lowest BCUT2D eigenvalue weighted by Crippen LogP contribution is -2.65. The minimum Gasteiger partial charge on any atom is -0.477 e. The Morgan fingerprint density at radius 3 is 2.50 bits per heavy atom. The van der Waals surface area contributed by atoms with Crippen molar-refractivity contribution in [2.75, 3.05) is 6.61 Å². The first-order valence-electron chi connectivity index (χ1n) is 5.27. The molecule has 0 radical (unpaired) electrons. The van der Waals surface area contributed by atoms with Gasteiger partial charge in [-0.1, -0.05) is 0 Å². The fraction of sp³-hybridized carbons (Fsp3) is 0.889. The lowest BCUT2D eigenvalue weighted by atomic mass is 9.89. The van der Waals surface area contributed by atoms with E-state index in [9.17, 15) is 25.2 Å². The van der Waals surface area contributed by atoms with Crippen LogP contribution in [0.4, 0.5) is 0 Å². The van der Waals surface area contributed by atoms with Crippen LogP contribution in [0.25, 0.3) is 0 Å². The largest absolute Gasteiger partial charge is 0.477 e. The zero-order valence-electron chi connectivity index (χ0n) is 9.38. The first-order chi connectivity index (χ1) is 8.23. The topological polar surface area (TPSA) is 174 Å². The summed E-state index contributed by atoms with van der Waals surface area (Å²) in [5.74, 6) is -4.44. The molecule has 0 aliphatic carbocycles. The summed E-state index contributed by atoms with van der Waals surface area (Å²) in [5.41, 5.74) is 5.51. The van der Waals surface area contributed by atoms with E-state index >= 15 is 0 Å². The second-order valence-corrected chi connectivity index (χ2v) is 4.26. The SMILES string of the molecule is N[C@@H]1C(O)C[C@](O)(C(=O)O)OC1[C@@H](O)C(O)CO. The van der Waals surface area contributed by atoms with Crippen molar-refractivity contribution in [1.82, 2.24) is 0 Å². The second kappa shape index (κ2) is 5.45. The molecule has 9 heteroatoms. The van der Waals surface area contributed by atoms with Gasteiger partial charge in [0.15, 0.2) is 0 Å². The molecule has 18 heavy (non-hydrogen) atoms. The molecule has 1 rings (SSSR count). The van der Waals surface area contributed by atoms with Crippen molar-refractivity contribution in [3.05, 3.63) is 0 Å². The van der Waals surface area contributed by atoms with Gasteiger partial charge in [0.25, 0.3) is 5.79 Å². The highest BCUT2D eigenvalue weighted by atomic mass is 16.7. The van der Waals surface area contributed by atoms with Crippen molar-refractivity contribution in [2.24, 2.45) is 5.73 Å². The van der Waals surface area contributed by atoms with Gasteiger partial charge in [0.1, 0.15) is 18.3 Å². The number of carbonyl (C=O) groups is 1. The van der Waals surface area contributed by atoms with Gasteiger partial charge >= 0.3 is 5.97 Å². The van der Waals surface area contributed by atoms with Crippen LogP contribution in [-0.4, -0.2) is 79.5 Å². The van der Waals surface area contributed by atoms with E-state index in [1.54, 1.807) is 0 Å². The summed E-state index contributed by atoms with van der Waals surface area (Å²) in [4.78, 5) is 10.8. The molecule has 8 N–H and O–H groups in total. The molecule has 0 bridgehead atoms. The Balaban J connectivity index is 2.92. The number of aliphatic hydroxyl groups excluding tert-OH is 4. The van der Waals surface area contributed by atoms with E-state index in [1.807, 2.05) is 0 Å². The van der Waals surface area contributed by atoms with Crippen LogP contribution in [0.15, 0.2) is 0 Å². The minimum absolute atomic E-state index is 0.665. The number of carboxylic acid groups (broad SMARTS) is 1. The van der Waals surface area contributed by atoms with E-state index in [0.29, 0.717) is 0 Å². The van der Waals surface area contributed by atoms with Crippen LogP contribution < -0.4 is 5.73 Å². The lowest BCUT2D eigenvalue weighted by Gasteiger charge is -2.43. The maximum absolute atomic E-state index is 10.8. The summed E-state index contributed by atoms with van der Waals surface area (Å²) in [7, 11) is 0. The van der Waals surface area contributed by atoms with Crippen LogP contribution >= 0.6 is 0 Å². The van der Waals surface area contributed by atoms with Crippen LogP contribution in [0.5, 0.6) is 0 Å². The number of hydrogen-bond donors (Lipinski definition) is 7. The molecule has 0 aromatic heterocycles. The van der Waals surface area contributed by atoms with Crippen LogP contribution in [0, 0.1) is 0 Å². The van der Waals surface area contributed by atoms with Crippen molar-refractivity contribution in [3.8, 4) is 0 Å². The summed E-state index contributed by atoms with van der Waals surface area (Å²) in [6.45, 7) is -0.810. The van der Waals surface area contributed by atoms with Gasteiger partial charge < -0.3 is 41.1 Å². The van der Waals surface area contributed by atoms with Crippen molar-refractivity contribution in [2.45, 2.75) is 42.7 Å². The third kappa shape index (κ3) is 2.78. The van der Waals surface area contributed by atoms with Crippen molar-refractivity contribution >= 4 is 5.97 Å². The molecule has 6 atom stereocenters. The maximum Gasteiger partial charge on any atom is 0.364 e. The molecular formula is C9H17NO8. The Kier molecular flexibility index (Phi) is 4.61. The number of aliphatic hydroxyl groups is 5. The maximum atomic E-state index is 10.8. The quantitative estimate of drug-likeness (QED) is 0.267. The summed E-state index contributed by atoms with van der Waals surface area (Å²) in [5, 5.41) is 55.5. The monoisotopic (exact) mass is 267 g/mol. The van der Waals surface area contributed by atoms with Crippen molar-refractivity contribution in [3.63, 3.8) is 0 Å². The molecule has 0 aromatic carbocycles. The Morgan fingerprint density at radius 1 is 1.50 bits per heavy atom. The molecule has 1 aliphatic rings. The van der Waals surface area contributed by atoms with E-state index in [-0.39, 0.29) is 0 Å². The van der Waals surface area contributed by atoms with Gasteiger partial charge in [0, 0.05) is 6.42 Å². The van der Waals surface area contributed by atoms with Crippen molar-refractivity contribution in [1.29, 1.82) is 0 Å². The van der Waals surface area contributed by atoms with E-state index in [1.165, 1.54) is 0 Å². The Morgan fingerprint density at radius 2 is 2.06 bits per heavy atom. The molecule has 106 valence electrons. The van der Waals surface area contributed by atoms with Gasteiger partial charge in [0.05, 0.1) is 18.8 Å². The number of nitrogens with two attached hydrogens (primary N) is 1. The first-order valence-corrected chi connectivity index (χ1v) is 5.27. The Labute approximate surface area is 102 Å². The van der Waals surface area contributed by atoms with Gasteiger partial charge in [-0.15, -0.1) is 0 Å². The number of rotatable bonds is 4. The Bertz CT molecular complexity index is 313. The predicted molar refractivity (Wildman–Crippen MR) is 55.2 cm³/mol. The summed E-state index contributed by atoms with van der Waals surface area (Å²) >= 11 is 0. The molecule has 9 nitrogen and oxygen atoms in total. The highest BCUT2D eigenvalue weighted by molar-refractivity contribution is 5.75. The first kappa shape index (κ1) is 15.2. The lowest BCUT2D eigenvalue weighted by molar-refractivity contribution is -0.292. The summed E-state index contributed by atoms with van der Waals surface area (Å²) in [6.07, 6.45) is -7.01. The fourth-order valence-corrected chi connectivity index (χ4v) is 1.75. The van der Waals surface area contributed by atoms with Gasteiger partial charge in [0.2, 0.25) is 0 Å². The smallest absolute Gasteiger partial charge is 0.364 e. The number of ether oxygens (including phenoxy) is 1. The molecule has 3 unspecified atom stereocenters. The van der Waals surface area contributed by atoms with E-state index in [4.69, 9.17) is 20.7 Å². The predicted octanol–water partition coefficient (Wildman–Crippen LogP) is -4.05. The third-order valence-electron chi connectivity index (χ3n) is 2.89. The van der Waals surface area contributed by atoms with Crippen molar-refractivity contribution < 1.29 is 40.2 Å². The van der Waals surface area contributed by atoms with Crippen LogP contribution in [0.3, 0.4) is 0 Å². The minimum atomic E-state index is -2.70. The standard InChI is InChI=1S/C9H17NO8/c10-5-3(12)1-9(17,8(15)16)18-7(5)6(14)4(13)2-11/h3-7,11-14,17H,1-2,10H2,(H,15,16)/t3?,4?,5-,6+,7?,9-/m1/s1. The third-order valence-corrected chi connectivity index (χ3v) is 2.89. The number of aliphatic carboxylic acids is 1. The fourth-order valence-electron chi connectivity index (χ4n) is 1.75. The number of hydrogen-bond acceptors (Lipinski definition) is 8. The molecule has 1 fully saturated rings. The molecular weight excluding hydrogens is 250 g/mol. The van der Waals surface area contributed by atoms with Crippen LogP contribution in [0.2, 0.25) is 0 Å². The zero-order valence-corrected chi connectivity index (χ0v) is 9.38. The van der Waals surface area contributed by atoms with E-state index in [2.05, 4.69) is 0 Å². The highest BCUT2D eigenvalue weighted by Gasteiger charge is 2.52. The highest BCUT2D eigenvalue weighted by Crippen LogP contribution is 2.29. The van der Waals surface area contributed by atoms with Crippen LogP contribution in [-0.2, 0) is 9.53 Å². The molecule has 1 aliphatic heterocycles. The van der Waals surface area contributed by atoms with E-state index < -0.39 is 55.2 Å². The molecule has 0 spiro atoms. The summed E-state index contributed by atoms with van der Waals surface area (Å²) < 4.78 is 4.75. The zero-order chi connectivity index (χ0) is 14.1. The average molecular weight is 267 g/mol. The Hall–Kier alpha value is -0.810. The summed E-state index contributed by atoms with van der Waals surface area (Å²) in [6, 6.07) is -1.21. The second-order valence-electron chi connectivity index (χ2n) is 4.26. The normalized spacial score (nSPS) is 40.2. The average Bonchev–Trinajstić information content (AvgIpc) is 2.31. The molecule has 0 amide bonds. The van der Waals surface area contributed by atoms with E-state index in [0.717, 1.165) is 0 Å². The number of carboxylic acids is 1. The van der Waals surface area contributed by atoms with Gasteiger partial charge in [-0.2, -0.15) is 0 Å². The molecule has 1 saturated heterocycles. The molecule has 0 aromatic rings. The van der Waals surface area contributed by atoms with Gasteiger partial charge in [-0.05, 0) is 0 Å². The van der Waals surface area contributed by atoms with Gasteiger partial charge in [-0.3, -0.25) is 0 Å².